The minimum atomic E-state index is 0.450. The van der Waals surface area contributed by atoms with Crippen molar-refractivity contribution in [3.05, 3.63) is 11.7 Å². The van der Waals surface area contributed by atoms with Gasteiger partial charge in [-0.2, -0.15) is 4.98 Å². The fraction of sp³-hybridized carbons (Fsp3) is 0.545. The normalized spacial score (nSPS) is 11.0. The average molecular weight is 235 g/mol. The summed E-state index contributed by atoms with van der Waals surface area (Å²) in [6, 6.07) is 0. The number of guanidine groups is 1. The van der Waals surface area contributed by atoms with E-state index in [2.05, 4.69) is 31.7 Å². The van der Waals surface area contributed by atoms with Crippen LogP contribution in [0.4, 0.5) is 0 Å². The SMILES string of the molecule is C#CCNC(=NCCc1nc(C)no1)NCC. The van der Waals surface area contributed by atoms with Gasteiger partial charge in [0.15, 0.2) is 11.8 Å². The van der Waals surface area contributed by atoms with Gasteiger partial charge in [-0.25, -0.2) is 0 Å². The van der Waals surface area contributed by atoms with Crippen LogP contribution in [-0.4, -0.2) is 35.7 Å². The molecule has 0 unspecified atom stereocenters. The highest BCUT2D eigenvalue weighted by Gasteiger charge is 2.01. The molecule has 6 nitrogen and oxygen atoms in total. The van der Waals surface area contributed by atoms with E-state index in [4.69, 9.17) is 10.9 Å². The van der Waals surface area contributed by atoms with Crippen molar-refractivity contribution in [1.29, 1.82) is 0 Å². The van der Waals surface area contributed by atoms with Gasteiger partial charge in [-0.15, -0.1) is 6.42 Å². The Morgan fingerprint density at radius 3 is 2.94 bits per heavy atom. The molecule has 0 radical (unpaired) electrons. The van der Waals surface area contributed by atoms with Crippen LogP contribution in [0.3, 0.4) is 0 Å². The zero-order chi connectivity index (χ0) is 12.5. The molecule has 0 aliphatic heterocycles. The Morgan fingerprint density at radius 1 is 1.53 bits per heavy atom. The maximum absolute atomic E-state index is 5.17. The quantitative estimate of drug-likeness (QED) is 0.430. The highest BCUT2D eigenvalue weighted by Crippen LogP contribution is 1.96. The number of nitrogens with zero attached hydrogens (tertiary/aromatic N) is 3. The lowest BCUT2D eigenvalue weighted by Crippen LogP contribution is -2.37. The third kappa shape index (κ3) is 5.02. The van der Waals surface area contributed by atoms with Crippen LogP contribution in [0.1, 0.15) is 18.6 Å². The van der Waals surface area contributed by atoms with Crippen molar-refractivity contribution in [2.24, 2.45) is 4.99 Å². The Bertz CT molecular complexity index is 404. The van der Waals surface area contributed by atoms with Crippen molar-refractivity contribution >= 4 is 5.96 Å². The summed E-state index contributed by atoms with van der Waals surface area (Å²) in [4.78, 5) is 8.42. The molecule has 6 heteroatoms. The van der Waals surface area contributed by atoms with E-state index in [0.717, 1.165) is 6.54 Å². The van der Waals surface area contributed by atoms with Crippen molar-refractivity contribution in [1.82, 2.24) is 20.8 Å². The van der Waals surface area contributed by atoms with Crippen molar-refractivity contribution in [2.45, 2.75) is 20.3 Å². The van der Waals surface area contributed by atoms with Crippen LogP contribution in [0, 0.1) is 19.3 Å². The summed E-state index contributed by atoms with van der Waals surface area (Å²) in [7, 11) is 0. The van der Waals surface area contributed by atoms with E-state index in [1.54, 1.807) is 6.92 Å². The van der Waals surface area contributed by atoms with Crippen LogP contribution < -0.4 is 10.6 Å². The molecule has 1 heterocycles. The smallest absolute Gasteiger partial charge is 0.228 e. The second-order valence-electron chi connectivity index (χ2n) is 3.30. The van der Waals surface area contributed by atoms with E-state index in [-0.39, 0.29) is 0 Å². The van der Waals surface area contributed by atoms with Crippen LogP contribution in [0.15, 0.2) is 9.52 Å². The highest BCUT2D eigenvalue weighted by atomic mass is 16.5. The van der Waals surface area contributed by atoms with Gasteiger partial charge in [0, 0.05) is 13.0 Å². The van der Waals surface area contributed by atoms with Crippen LogP contribution in [0.5, 0.6) is 0 Å². The maximum Gasteiger partial charge on any atom is 0.228 e. The first-order valence-electron chi connectivity index (χ1n) is 5.51. The molecular weight excluding hydrogens is 218 g/mol. The standard InChI is InChI=1S/C11H17N5O/c1-4-7-13-11(12-5-2)14-8-6-10-15-9(3)16-17-10/h1H,5-8H2,2-3H3,(H2,12,13,14). The lowest BCUT2D eigenvalue weighted by Gasteiger charge is -2.07. The number of aliphatic imine (C=N–C) groups is 1. The van der Waals surface area contributed by atoms with Gasteiger partial charge in [-0.05, 0) is 13.8 Å². The number of hydrogen-bond donors (Lipinski definition) is 2. The summed E-state index contributed by atoms with van der Waals surface area (Å²) in [5.41, 5.74) is 0. The van der Waals surface area contributed by atoms with Crippen LogP contribution in [0.2, 0.25) is 0 Å². The summed E-state index contributed by atoms with van der Waals surface area (Å²) in [6.45, 7) is 5.59. The van der Waals surface area contributed by atoms with E-state index in [9.17, 15) is 0 Å². The van der Waals surface area contributed by atoms with Crippen LogP contribution in [-0.2, 0) is 6.42 Å². The highest BCUT2D eigenvalue weighted by molar-refractivity contribution is 5.79. The molecule has 0 saturated carbocycles. The van der Waals surface area contributed by atoms with Gasteiger partial charge < -0.3 is 15.2 Å². The summed E-state index contributed by atoms with van der Waals surface area (Å²) in [5.74, 6) is 4.43. The predicted molar refractivity (Wildman–Crippen MR) is 65.6 cm³/mol. The second kappa shape index (κ2) is 7.28. The lowest BCUT2D eigenvalue weighted by atomic mass is 10.4. The Kier molecular flexibility index (Phi) is 5.58. The number of hydrogen-bond acceptors (Lipinski definition) is 4. The summed E-state index contributed by atoms with van der Waals surface area (Å²) < 4.78 is 4.98. The van der Waals surface area contributed by atoms with E-state index in [1.807, 2.05) is 6.92 Å². The van der Waals surface area contributed by atoms with Gasteiger partial charge in [-0.3, -0.25) is 4.99 Å². The molecule has 0 aliphatic rings. The minimum Gasteiger partial charge on any atom is -0.357 e. The average Bonchev–Trinajstić information content (AvgIpc) is 2.72. The van der Waals surface area contributed by atoms with Gasteiger partial charge in [0.2, 0.25) is 5.89 Å². The zero-order valence-electron chi connectivity index (χ0n) is 10.2. The molecule has 92 valence electrons. The zero-order valence-corrected chi connectivity index (χ0v) is 10.2. The molecule has 0 bridgehead atoms. The van der Waals surface area contributed by atoms with Crippen molar-refractivity contribution in [2.75, 3.05) is 19.6 Å². The molecule has 0 aromatic carbocycles. The minimum absolute atomic E-state index is 0.450. The van der Waals surface area contributed by atoms with E-state index in [1.165, 1.54) is 0 Å². The Balaban J connectivity index is 2.40. The van der Waals surface area contributed by atoms with Gasteiger partial charge in [0.1, 0.15) is 0 Å². The number of terminal acetylenes is 1. The molecule has 0 spiro atoms. The Morgan fingerprint density at radius 2 is 2.35 bits per heavy atom. The van der Waals surface area contributed by atoms with Crippen LogP contribution >= 0.6 is 0 Å². The Hall–Kier alpha value is -2.03. The Labute approximate surface area is 101 Å². The fourth-order valence-corrected chi connectivity index (χ4v) is 1.18. The number of aromatic nitrogens is 2. The van der Waals surface area contributed by atoms with Gasteiger partial charge in [0.05, 0.1) is 13.1 Å². The largest absolute Gasteiger partial charge is 0.357 e. The topological polar surface area (TPSA) is 75.3 Å². The third-order valence-electron chi connectivity index (χ3n) is 1.87. The van der Waals surface area contributed by atoms with Gasteiger partial charge in [-0.1, -0.05) is 11.1 Å². The first-order chi connectivity index (χ1) is 8.26. The molecule has 2 N–H and O–H groups in total. The molecule has 0 saturated heterocycles. The first kappa shape index (κ1) is 13.0. The van der Waals surface area contributed by atoms with E-state index < -0.39 is 0 Å². The van der Waals surface area contributed by atoms with Crippen molar-refractivity contribution < 1.29 is 4.52 Å². The van der Waals surface area contributed by atoms with E-state index >= 15 is 0 Å². The molecule has 0 atom stereocenters. The summed E-state index contributed by atoms with van der Waals surface area (Å²) in [6.07, 6.45) is 5.79. The number of aryl methyl sites for hydroxylation is 1. The van der Waals surface area contributed by atoms with Gasteiger partial charge in [0.25, 0.3) is 0 Å². The molecule has 1 aromatic heterocycles. The molecule has 1 rings (SSSR count). The molecule has 0 amide bonds. The maximum atomic E-state index is 5.17. The third-order valence-corrected chi connectivity index (χ3v) is 1.87. The molecule has 0 fully saturated rings. The molecule has 17 heavy (non-hydrogen) atoms. The molecule has 1 aromatic rings. The summed E-state index contributed by atoms with van der Waals surface area (Å²) >= 11 is 0. The second-order valence-corrected chi connectivity index (χ2v) is 3.30. The molecule has 0 aliphatic carbocycles. The predicted octanol–water partition coefficient (Wildman–Crippen LogP) is 0.109. The summed E-state index contributed by atoms with van der Waals surface area (Å²) in [5, 5.41) is 9.79. The lowest BCUT2D eigenvalue weighted by molar-refractivity contribution is 0.376. The number of nitrogens with one attached hydrogen (secondary N) is 2. The van der Waals surface area contributed by atoms with Crippen LogP contribution in [0.25, 0.3) is 0 Å². The number of rotatable bonds is 5. The van der Waals surface area contributed by atoms with Crippen molar-refractivity contribution in [3.63, 3.8) is 0 Å². The van der Waals surface area contributed by atoms with E-state index in [0.29, 0.717) is 37.2 Å². The first-order valence-corrected chi connectivity index (χ1v) is 5.51. The monoisotopic (exact) mass is 235 g/mol. The van der Waals surface area contributed by atoms with Gasteiger partial charge >= 0.3 is 0 Å². The van der Waals surface area contributed by atoms with Crippen molar-refractivity contribution in [3.8, 4) is 12.3 Å². The molecular formula is C11H17N5O. The fourth-order valence-electron chi connectivity index (χ4n) is 1.18.